The maximum absolute atomic E-state index is 12.7. The molecule has 1 saturated carbocycles. The van der Waals surface area contributed by atoms with Crippen molar-refractivity contribution in [3.8, 4) is 5.88 Å². The second-order valence-corrected chi connectivity index (χ2v) is 6.45. The predicted molar refractivity (Wildman–Crippen MR) is 85.3 cm³/mol. The van der Waals surface area contributed by atoms with Gasteiger partial charge in [-0.15, -0.1) is 10.2 Å². The number of pyridine rings is 1. The molecule has 0 N–H and O–H groups in total. The molecule has 0 amide bonds. The van der Waals surface area contributed by atoms with E-state index in [9.17, 15) is 18.0 Å². The molecule has 0 atom stereocenters. The number of alkyl halides is 3. The Morgan fingerprint density at radius 3 is 2.65 bits per heavy atom. The van der Waals surface area contributed by atoms with Crippen LogP contribution < -0.4 is 4.74 Å². The molecule has 9 heteroatoms. The van der Waals surface area contributed by atoms with Crippen molar-refractivity contribution < 1.29 is 22.7 Å². The second kappa shape index (κ2) is 7.43. The van der Waals surface area contributed by atoms with Crippen molar-refractivity contribution in [1.82, 2.24) is 19.7 Å². The van der Waals surface area contributed by atoms with Gasteiger partial charge in [0.15, 0.2) is 5.82 Å². The van der Waals surface area contributed by atoms with Crippen LogP contribution in [-0.2, 0) is 24.6 Å². The maximum atomic E-state index is 12.7. The molecule has 2 aromatic rings. The lowest BCUT2D eigenvalue weighted by Crippen LogP contribution is -2.17. The molecule has 1 aliphatic rings. The van der Waals surface area contributed by atoms with Gasteiger partial charge in [0.1, 0.15) is 18.7 Å². The van der Waals surface area contributed by atoms with Gasteiger partial charge in [0.2, 0.25) is 5.88 Å². The van der Waals surface area contributed by atoms with Crippen LogP contribution in [0.4, 0.5) is 13.2 Å². The Balaban J connectivity index is 1.65. The first kappa shape index (κ1) is 18.3. The fourth-order valence-electron chi connectivity index (χ4n) is 3.17. The number of halogens is 3. The predicted octanol–water partition coefficient (Wildman–Crippen LogP) is 3.28. The van der Waals surface area contributed by atoms with Crippen molar-refractivity contribution in [1.29, 1.82) is 0 Å². The second-order valence-electron chi connectivity index (χ2n) is 6.45. The van der Waals surface area contributed by atoms with E-state index in [2.05, 4.69) is 15.2 Å². The Labute approximate surface area is 148 Å². The van der Waals surface area contributed by atoms with Crippen molar-refractivity contribution in [3.63, 3.8) is 0 Å². The van der Waals surface area contributed by atoms with Crippen molar-refractivity contribution in [2.75, 3.05) is 0 Å². The van der Waals surface area contributed by atoms with E-state index >= 15 is 0 Å². The van der Waals surface area contributed by atoms with E-state index in [1.54, 1.807) is 11.6 Å². The van der Waals surface area contributed by atoms with Gasteiger partial charge in [0.05, 0.1) is 5.56 Å². The molecule has 140 valence electrons. The fourth-order valence-corrected chi connectivity index (χ4v) is 3.17. The quantitative estimate of drug-likeness (QED) is 0.758. The average molecular weight is 368 g/mol. The smallest absolute Gasteiger partial charge is 0.416 e. The summed E-state index contributed by atoms with van der Waals surface area (Å²) in [4.78, 5) is 14.7. The molecule has 3 rings (SSSR count). The number of carbonyl (C=O) groups is 1. The first-order valence-electron chi connectivity index (χ1n) is 8.38. The molecule has 6 nitrogen and oxygen atoms in total. The number of carbonyl (C=O) groups excluding carboxylic acids is 1. The Kier molecular flexibility index (Phi) is 5.24. The van der Waals surface area contributed by atoms with Gasteiger partial charge in [-0.05, 0) is 31.7 Å². The Morgan fingerprint density at radius 2 is 2.00 bits per heavy atom. The van der Waals surface area contributed by atoms with E-state index in [1.165, 1.54) is 0 Å². The molecule has 26 heavy (non-hydrogen) atoms. The molecule has 0 radical (unpaired) electrons. The largest absolute Gasteiger partial charge is 0.469 e. The van der Waals surface area contributed by atoms with Gasteiger partial charge >= 0.3 is 6.18 Å². The normalized spacial score (nSPS) is 20.8. The van der Waals surface area contributed by atoms with Gasteiger partial charge in [0.25, 0.3) is 0 Å². The van der Waals surface area contributed by atoms with Crippen LogP contribution >= 0.6 is 0 Å². The molecule has 2 heterocycles. The molecular weight excluding hydrogens is 349 g/mol. The molecule has 0 unspecified atom stereocenters. The van der Waals surface area contributed by atoms with Crippen LogP contribution in [0.15, 0.2) is 18.3 Å². The minimum atomic E-state index is -4.45. The number of nitrogens with zero attached hydrogens (tertiary/aromatic N) is 4. The molecule has 0 saturated heterocycles. The van der Waals surface area contributed by atoms with Crippen LogP contribution in [0.25, 0.3) is 0 Å². The zero-order chi connectivity index (χ0) is 18.7. The number of aldehydes is 1. The highest BCUT2D eigenvalue weighted by Crippen LogP contribution is 2.34. The number of hydrogen-bond acceptors (Lipinski definition) is 5. The van der Waals surface area contributed by atoms with Gasteiger partial charge in [0, 0.05) is 31.1 Å². The summed E-state index contributed by atoms with van der Waals surface area (Å²) in [6, 6.07) is 1.75. The number of rotatable bonds is 5. The summed E-state index contributed by atoms with van der Waals surface area (Å²) >= 11 is 0. The highest BCUT2D eigenvalue weighted by atomic mass is 19.4. The lowest BCUT2D eigenvalue weighted by Gasteiger charge is -2.24. The van der Waals surface area contributed by atoms with E-state index in [-0.39, 0.29) is 24.3 Å². The van der Waals surface area contributed by atoms with E-state index in [0.717, 1.165) is 56.1 Å². The molecule has 0 aromatic carbocycles. The molecule has 0 spiro atoms. The average Bonchev–Trinajstić information content (AvgIpc) is 3.00. The SMILES string of the molecule is Cn1c(COc2cc(C(F)(F)F)ccn2)nnc1C1CCC(C=O)CC1. The highest BCUT2D eigenvalue weighted by Gasteiger charge is 2.31. The molecule has 1 fully saturated rings. The third-order valence-corrected chi connectivity index (χ3v) is 4.74. The monoisotopic (exact) mass is 368 g/mol. The van der Waals surface area contributed by atoms with Crippen LogP contribution in [0.3, 0.4) is 0 Å². The van der Waals surface area contributed by atoms with E-state index in [4.69, 9.17) is 4.74 Å². The topological polar surface area (TPSA) is 69.9 Å². The molecule has 0 bridgehead atoms. The fraction of sp³-hybridized carbons (Fsp3) is 0.529. The molecule has 2 aromatic heterocycles. The lowest BCUT2D eigenvalue weighted by atomic mass is 9.82. The first-order valence-corrected chi connectivity index (χ1v) is 8.38. The summed E-state index contributed by atoms with van der Waals surface area (Å²) in [5, 5.41) is 8.29. The lowest BCUT2D eigenvalue weighted by molar-refractivity contribution is -0.137. The number of hydrogen-bond donors (Lipinski definition) is 0. The zero-order valence-electron chi connectivity index (χ0n) is 14.2. The minimum absolute atomic E-state index is 0.0263. The van der Waals surface area contributed by atoms with Gasteiger partial charge in [-0.2, -0.15) is 13.2 Å². The Bertz CT molecular complexity index is 768. The van der Waals surface area contributed by atoms with Gasteiger partial charge in [-0.25, -0.2) is 4.98 Å². The summed E-state index contributed by atoms with van der Waals surface area (Å²) in [7, 11) is 1.80. The summed E-state index contributed by atoms with van der Waals surface area (Å²) in [6.07, 6.45) is 1.03. The van der Waals surface area contributed by atoms with E-state index in [0.29, 0.717) is 5.82 Å². The van der Waals surface area contributed by atoms with Gasteiger partial charge < -0.3 is 14.1 Å². The van der Waals surface area contributed by atoms with Crippen molar-refractivity contribution in [2.24, 2.45) is 13.0 Å². The van der Waals surface area contributed by atoms with Crippen molar-refractivity contribution >= 4 is 6.29 Å². The number of ether oxygens (including phenoxy) is 1. The standard InChI is InChI=1S/C17H19F3N4O2/c1-24-14(10-26-15-8-13(6-7-21-15)17(18,19)20)22-23-16(24)12-4-2-11(9-25)3-5-12/h6-9,11-12H,2-5,10H2,1H3. The third-order valence-electron chi connectivity index (χ3n) is 4.74. The zero-order valence-corrected chi connectivity index (χ0v) is 14.2. The van der Waals surface area contributed by atoms with E-state index in [1.807, 2.05) is 0 Å². The van der Waals surface area contributed by atoms with Gasteiger partial charge in [-0.1, -0.05) is 0 Å². The van der Waals surface area contributed by atoms with Crippen LogP contribution in [-0.4, -0.2) is 26.0 Å². The van der Waals surface area contributed by atoms with Crippen molar-refractivity contribution in [2.45, 2.75) is 44.4 Å². The molecule has 1 aliphatic carbocycles. The summed E-state index contributed by atoms with van der Waals surface area (Å²) in [5.74, 6) is 1.55. The van der Waals surface area contributed by atoms with Crippen LogP contribution in [0.2, 0.25) is 0 Å². The number of aromatic nitrogens is 4. The van der Waals surface area contributed by atoms with E-state index < -0.39 is 11.7 Å². The summed E-state index contributed by atoms with van der Waals surface area (Å²) in [6.45, 7) is -0.0263. The van der Waals surface area contributed by atoms with Crippen molar-refractivity contribution in [3.05, 3.63) is 35.5 Å². The first-order chi connectivity index (χ1) is 12.4. The molecular formula is C17H19F3N4O2. The van der Waals surface area contributed by atoms with Crippen LogP contribution in [0.1, 0.15) is 48.8 Å². The van der Waals surface area contributed by atoms with Crippen LogP contribution in [0, 0.1) is 5.92 Å². The Morgan fingerprint density at radius 1 is 1.27 bits per heavy atom. The summed E-state index contributed by atoms with van der Waals surface area (Å²) < 4.78 is 45.3. The molecule has 0 aliphatic heterocycles. The third kappa shape index (κ3) is 4.03. The minimum Gasteiger partial charge on any atom is -0.469 e. The van der Waals surface area contributed by atoms with Gasteiger partial charge in [-0.3, -0.25) is 0 Å². The maximum Gasteiger partial charge on any atom is 0.416 e. The van der Waals surface area contributed by atoms with Crippen LogP contribution in [0.5, 0.6) is 5.88 Å². The Hall–Kier alpha value is -2.45. The highest BCUT2D eigenvalue weighted by molar-refractivity contribution is 5.53. The summed E-state index contributed by atoms with van der Waals surface area (Å²) in [5.41, 5.74) is -0.812.